The third kappa shape index (κ3) is 5.07. The maximum absolute atomic E-state index is 15.9. The van der Waals surface area contributed by atoms with E-state index in [9.17, 15) is 18.0 Å². The van der Waals surface area contributed by atoms with E-state index >= 15 is 8.78 Å². The lowest BCUT2D eigenvalue weighted by Crippen LogP contribution is -2.54. The van der Waals surface area contributed by atoms with Crippen LogP contribution in [0.15, 0.2) is 59.0 Å². The highest BCUT2D eigenvalue weighted by atomic mass is 32.2. The van der Waals surface area contributed by atoms with E-state index in [4.69, 9.17) is 5.73 Å². The smallest absolute Gasteiger partial charge is 0.355 e. The lowest BCUT2D eigenvalue weighted by atomic mass is 10.1. The van der Waals surface area contributed by atoms with Crippen molar-refractivity contribution in [3.05, 3.63) is 76.9 Å². The van der Waals surface area contributed by atoms with Gasteiger partial charge < -0.3 is 15.5 Å². The first-order valence-electron chi connectivity index (χ1n) is 13.5. The number of carbonyl (C=O) groups excluding carboxylic acids is 1. The van der Waals surface area contributed by atoms with E-state index in [1.807, 2.05) is 6.92 Å². The number of carbonyl (C=O) groups is 1. The van der Waals surface area contributed by atoms with Gasteiger partial charge in [-0.15, -0.1) is 0 Å². The van der Waals surface area contributed by atoms with Crippen LogP contribution in [0.4, 0.5) is 20.3 Å². The van der Waals surface area contributed by atoms with Crippen LogP contribution in [-0.4, -0.2) is 82.8 Å². The number of aromatic nitrogens is 4. The predicted molar refractivity (Wildman–Crippen MR) is 162 cm³/mol. The monoisotopic (exact) mass is 624 g/mol. The molecule has 1 atom stereocenters. The maximum Gasteiger partial charge on any atom is 0.355 e. The summed E-state index contributed by atoms with van der Waals surface area (Å²) in [5.74, 6) is -1.98. The number of rotatable bonds is 6. The van der Waals surface area contributed by atoms with Crippen molar-refractivity contribution in [2.45, 2.75) is 24.9 Å². The summed E-state index contributed by atoms with van der Waals surface area (Å²) >= 11 is 0. The number of hydrogen-bond donors (Lipinski definition) is 1. The Morgan fingerprint density at radius 2 is 1.89 bits per heavy atom. The van der Waals surface area contributed by atoms with Crippen molar-refractivity contribution >= 4 is 38.5 Å². The number of nitrogens with zero attached hydrogens (tertiary/aromatic N) is 7. The molecule has 1 fully saturated rings. The van der Waals surface area contributed by atoms with Gasteiger partial charge in [0.25, 0.3) is 10.0 Å². The highest BCUT2D eigenvalue weighted by molar-refractivity contribution is 7.89. The standard InChI is InChI=1S/C29H30F2N8O4S/c1-6-22(40)37-12-13-38(17(3)15-37)26-18-14-20(31)24(23-19(30)8-7-9-21(23)32)34-27(18)39(29(41)35-26)25-16(2)10-11-33-28(25)44(42,43)36(4)5/h6-11,14,17H,1,12-13,15,32H2,2-5H3/t17-/m0/s1. The molecule has 44 heavy (non-hydrogen) atoms. The fourth-order valence-corrected chi connectivity index (χ4v) is 6.29. The second kappa shape index (κ2) is 11.4. The van der Waals surface area contributed by atoms with Crippen molar-refractivity contribution in [2.75, 3.05) is 44.4 Å². The van der Waals surface area contributed by atoms with E-state index in [0.29, 0.717) is 5.56 Å². The number of hydrogen-bond acceptors (Lipinski definition) is 9. The van der Waals surface area contributed by atoms with Crippen LogP contribution in [0.25, 0.3) is 28.0 Å². The molecule has 1 aliphatic rings. The Hall–Kier alpha value is -4.76. The van der Waals surface area contributed by atoms with Crippen molar-refractivity contribution < 1.29 is 22.0 Å². The van der Waals surface area contributed by atoms with Gasteiger partial charge in [0.1, 0.15) is 17.3 Å². The van der Waals surface area contributed by atoms with E-state index in [1.165, 1.54) is 44.6 Å². The molecule has 230 valence electrons. The zero-order valence-electron chi connectivity index (χ0n) is 24.5. The van der Waals surface area contributed by atoms with Crippen LogP contribution in [0.3, 0.4) is 0 Å². The zero-order valence-corrected chi connectivity index (χ0v) is 25.3. The van der Waals surface area contributed by atoms with Gasteiger partial charge in [-0.1, -0.05) is 12.6 Å². The maximum atomic E-state index is 15.9. The predicted octanol–water partition coefficient (Wildman–Crippen LogP) is 2.48. The Morgan fingerprint density at radius 1 is 1.16 bits per heavy atom. The summed E-state index contributed by atoms with van der Waals surface area (Å²) in [5.41, 5.74) is 4.20. The molecule has 4 aromatic rings. The molecule has 12 nitrogen and oxygen atoms in total. The number of amides is 1. The molecule has 0 saturated carbocycles. The van der Waals surface area contributed by atoms with Gasteiger partial charge >= 0.3 is 5.69 Å². The average Bonchev–Trinajstić information content (AvgIpc) is 2.97. The molecule has 0 bridgehead atoms. The number of nitrogen functional groups attached to an aromatic ring is 1. The molecule has 5 rings (SSSR count). The largest absolute Gasteiger partial charge is 0.398 e. The molecule has 2 N–H and O–H groups in total. The van der Waals surface area contributed by atoms with Gasteiger partial charge in [0.15, 0.2) is 16.5 Å². The molecule has 0 aliphatic carbocycles. The summed E-state index contributed by atoms with van der Waals surface area (Å²) in [7, 11) is -1.58. The zero-order chi connectivity index (χ0) is 32.1. The first-order valence-corrected chi connectivity index (χ1v) is 15.0. The van der Waals surface area contributed by atoms with Crippen molar-refractivity contribution in [3.63, 3.8) is 0 Å². The van der Waals surface area contributed by atoms with Gasteiger partial charge in [0.2, 0.25) is 5.91 Å². The fraction of sp³-hybridized carbons (Fsp3) is 0.276. The summed E-state index contributed by atoms with van der Waals surface area (Å²) < 4.78 is 59.6. The van der Waals surface area contributed by atoms with E-state index in [0.717, 1.165) is 21.0 Å². The number of anilines is 2. The van der Waals surface area contributed by atoms with E-state index < -0.39 is 38.1 Å². The van der Waals surface area contributed by atoms with Gasteiger partial charge in [0.05, 0.1) is 16.6 Å². The average molecular weight is 625 g/mol. The number of piperazine rings is 1. The quantitative estimate of drug-likeness (QED) is 0.252. The Bertz CT molecular complexity index is 1980. The van der Waals surface area contributed by atoms with Crippen molar-refractivity contribution in [2.24, 2.45) is 0 Å². The van der Waals surface area contributed by atoms with Crippen LogP contribution < -0.4 is 16.3 Å². The van der Waals surface area contributed by atoms with E-state index in [1.54, 1.807) is 16.7 Å². The number of aryl methyl sites for hydroxylation is 1. The number of halogens is 2. The normalized spacial score (nSPS) is 15.7. The van der Waals surface area contributed by atoms with Gasteiger partial charge in [0, 0.05) is 51.7 Å². The summed E-state index contributed by atoms with van der Waals surface area (Å²) in [6, 6.07) is 6.05. The van der Waals surface area contributed by atoms with Crippen molar-refractivity contribution in [1.29, 1.82) is 0 Å². The molecule has 0 radical (unpaired) electrons. The molecule has 15 heteroatoms. The van der Waals surface area contributed by atoms with Crippen molar-refractivity contribution in [3.8, 4) is 16.9 Å². The molecule has 0 spiro atoms. The number of pyridine rings is 2. The molecule has 4 heterocycles. The number of nitrogens with two attached hydrogens (primary N) is 1. The third-order valence-corrected chi connectivity index (χ3v) is 9.26. The topological polar surface area (TPSA) is 148 Å². The highest BCUT2D eigenvalue weighted by Crippen LogP contribution is 2.35. The summed E-state index contributed by atoms with van der Waals surface area (Å²) in [4.78, 5) is 42.4. The van der Waals surface area contributed by atoms with Crippen LogP contribution >= 0.6 is 0 Å². The number of fused-ring (bicyclic) bond motifs is 1. The second-order valence-electron chi connectivity index (χ2n) is 10.5. The molecular weight excluding hydrogens is 594 g/mol. The summed E-state index contributed by atoms with van der Waals surface area (Å²) in [5, 5.41) is -0.406. The van der Waals surface area contributed by atoms with E-state index in [-0.39, 0.29) is 65.4 Å². The Morgan fingerprint density at radius 3 is 2.52 bits per heavy atom. The molecule has 1 aliphatic heterocycles. The SMILES string of the molecule is C=CC(=O)N1CCN(c2nc(=O)n(-c3c(C)ccnc3S(=O)(=O)N(C)C)c3nc(-c4c(N)cccc4F)c(F)cc23)[C@@H](C)C1. The van der Waals surface area contributed by atoms with Crippen molar-refractivity contribution in [1.82, 2.24) is 28.7 Å². The Balaban J connectivity index is 1.87. The summed E-state index contributed by atoms with van der Waals surface area (Å²) in [6.45, 7) is 7.70. The minimum Gasteiger partial charge on any atom is -0.398 e. The van der Waals surface area contributed by atoms with Gasteiger partial charge in [-0.3, -0.25) is 4.79 Å². The van der Waals surface area contributed by atoms with Gasteiger partial charge in [-0.05, 0) is 49.8 Å². The van der Waals surface area contributed by atoms with Gasteiger partial charge in [-0.2, -0.15) is 4.98 Å². The first kappa shape index (κ1) is 30.7. The third-order valence-electron chi connectivity index (χ3n) is 7.51. The molecular formula is C29H30F2N8O4S. The van der Waals surface area contributed by atoms with Crippen LogP contribution in [-0.2, 0) is 14.8 Å². The van der Waals surface area contributed by atoms with Gasteiger partial charge in [-0.25, -0.2) is 40.8 Å². The molecule has 1 amide bonds. The van der Waals surface area contributed by atoms with E-state index in [2.05, 4.69) is 21.5 Å². The fourth-order valence-electron chi connectivity index (χ4n) is 5.25. The first-order chi connectivity index (χ1) is 20.8. The van der Waals surface area contributed by atoms with Crippen LogP contribution in [0, 0.1) is 18.6 Å². The number of benzene rings is 1. The second-order valence-corrected chi connectivity index (χ2v) is 12.6. The summed E-state index contributed by atoms with van der Waals surface area (Å²) in [6.07, 6.45) is 2.50. The molecule has 1 aromatic carbocycles. The molecule has 0 unspecified atom stereocenters. The lowest BCUT2D eigenvalue weighted by Gasteiger charge is -2.40. The van der Waals surface area contributed by atoms with Crippen LogP contribution in [0.2, 0.25) is 0 Å². The van der Waals surface area contributed by atoms with Crippen LogP contribution in [0.5, 0.6) is 0 Å². The van der Waals surface area contributed by atoms with Crippen LogP contribution in [0.1, 0.15) is 12.5 Å². The number of sulfonamides is 1. The molecule has 1 saturated heterocycles. The minimum atomic E-state index is -4.21. The Kier molecular flexibility index (Phi) is 7.94. The minimum absolute atomic E-state index is 0.0487. The Labute approximate surface area is 252 Å². The highest BCUT2D eigenvalue weighted by Gasteiger charge is 2.32. The lowest BCUT2D eigenvalue weighted by molar-refractivity contribution is -0.126. The molecule has 3 aromatic heterocycles.